The maximum atomic E-state index is 13.6. The van der Waals surface area contributed by atoms with Crippen molar-refractivity contribution in [1.29, 1.82) is 0 Å². The van der Waals surface area contributed by atoms with Crippen molar-refractivity contribution in [2.45, 2.75) is 45.6 Å². The summed E-state index contributed by atoms with van der Waals surface area (Å²) in [6, 6.07) is 6.94. The van der Waals surface area contributed by atoms with Crippen LogP contribution in [0.3, 0.4) is 0 Å². The molecule has 3 aromatic rings. The average molecular weight is 339 g/mol. The number of aromatic nitrogens is 4. The number of hydrogen-bond donors (Lipinski definition) is 0. The van der Waals surface area contributed by atoms with E-state index in [0.29, 0.717) is 11.7 Å². The van der Waals surface area contributed by atoms with Gasteiger partial charge in [-0.25, -0.2) is 19.0 Å². The summed E-state index contributed by atoms with van der Waals surface area (Å²) in [5, 5.41) is 5.59. The van der Waals surface area contributed by atoms with Crippen LogP contribution < -0.4 is 4.90 Å². The minimum Gasteiger partial charge on any atom is -0.353 e. The fourth-order valence-electron chi connectivity index (χ4n) is 3.81. The zero-order chi connectivity index (χ0) is 17.4. The van der Waals surface area contributed by atoms with Crippen LogP contribution in [-0.4, -0.2) is 32.3 Å². The third-order valence-electron chi connectivity index (χ3n) is 5.04. The molecule has 25 heavy (non-hydrogen) atoms. The Morgan fingerprint density at radius 2 is 2.12 bits per heavy atom. The van der Waals surface area contributed by atoms with Crippen LogP contribution >= 0.6 is 0 Å². The fourth-order valence-corrected chi connectivity index (χ4v) is 3.81. The van der Waals surface area contributed by atoms with E-state index < -0.39 is 0 Å². The highest BCUT2D eigenvalue weighted by molar-refractivity contribution is 5.90. The molecule has 1 aliphatic heterocycles. The molecule has 0 aliphatic carbocycles. The number of halogens is 1. The van der Waals surface area contributed by atoms with Gasteiger partial charge in [-0.2, -0.15) is 5.10 Å². The van der Waals surface area contributed by atoms with E-state index in [2.05, 4.69) is 26.9 Å². The first-order chi connectivity index (χ1) is 12.2. The number of anilines is 1. The Morgan fingerprint density at radius 3 is 2.92 bits per heavy atom. The van der Waals surface area contributed by atoms with Crippen LogP contribution in [0.25, 0.3) is 16.7 Å². The normalized spacial score (nSPS) is 18.0. The summed E-state index contributed by atoms with van der Waals surface area (Å²) < 4.78 is 15.4. The molecule has 1 aliphatic rings. The van der Waals surface area contributed by atoms with Gasteiger partial charge in [0.1, 0.15) is 18.0 Å². The van der Waals surface area contributed by atoms with Gasteiger partial charge >= 0.3 is 0 Å². The van der Waals surface area contributed by atoms with Crippen molar-refractivity contribution in [3.05, 3.63) is 42.1 Å². The fraction of sp³-hybridized carbons (Fsp3) is 0.421. The average Bonchev–Trinajstić information content (AvgIpc) is 2.99. The summed E-state index contributed by atoms with van der Waals surface area (Å²) >= 11 is 0. The summed E-state index contributed by atoms with van der Waals surface area (Å²) in [6.07, 6.45) is 6.33. The molecule has 1 saturated heterocycles. The monoisotopic (exact) mass is 339 g/mol. The van der Waals surface area contributed by atoms with Crippen molar-refractivity contribution < 1.29 is 4.39 Å². The minimum atomic E-state index is -0.282. The van der Waals surface area contributed by atoms with Crippen molar-refractivity contribution in [2.24, 2.45) is 0 Å². The Balaban J connectivity index is 1.88. The van der Waals surface area contributed by atoms with Crippen LogP contribution in [0, 0.1) is 12.7 Å². The number of rotatable bonds is 3. The summed E-state index contributed by atoms with van der Waals surface area (Å²) in [4.78, 5) is 11.5. The van der Waals surface area contributed by atoms with Gasteiger partial charge in [0, 0.05) is 12.6 Å². The molecule has 1 atom stereocenters. The Morgan fingerprint density at radius 1 is 1.24 bits per heavy atom. The highest BCUT2D eigenvalue weighted by Gasteiger charge is 2.26. The zero-order valence-corrected chi connectivity index (χ0v) is 14.6. The molecular weight excluding hydrogens is 317 g/mol. The van der Waals surface area contributed by atoms with Gasteiger partial charge in [0.2, 0.25) is 0 Å². The van der Waals surface area contributed by atoms with E-state index in [1.807, 2.05) is 13.0 Å². The van der Waals surface area contributed by atoms with Gasteiger partial charge in [0.05, 0.1) is 16.8 Å². The Bertz CT molecular complexity index is 904. The molecule has 0 amide bonds. The molecule has 1 fully saturated rings. The van der Waals surface area contributed by atoms with E-state index in [1.54, 1.807) is 17.1 Å². The van der Waals surface area contributed by atoms with Crippen LogP contribution in [0.15, 0.2) is 30.6 Å². The molecule has 4 rings (SSSR count). The molecule has 130 valence electrons. The number of benzene rings is 1. The molecule has 0 bridgehead atoms. The summed E-state index contributed by atoms with van der Waals surface area (Å²) in [6.45, 7) is 5.20. The standard InChI is InChI=1S/C19H22FN5/c1-3-15-8-4-5-10-24(15)18-17-13(2)23-25(19(17)22-12-21-18)16-9-6-7-14(20)11-16/h6-7,9,11-12,15H,3-5,8,10H2,1-2H3. The lowest BCUT2D eigenvalue weighted by Crippen LogP contribution is -2.39. The molecule has 0 saturated carbocycles. The Hall–Kier alpha value is -2.50. The van der Waals surface area contributed by atoms with Crippen molar-refractivity contribution in [1.82, 2.24) is 19.7 Å². The Labute approximate surface area is 146 Å². The van der Waals surface area contributed by atoms with Gasteiger partial charge in [-0.05, 0) is 50.8 Å². The van der Waals surface area contributed by atoms with Crippen molar-refractivity contribution >= 4 is 16.9 Å². The van der Waals surface area contributed by atoms with Crippen LogP contribution in [-0.2, 0) is 0 Å². The first kappa shape index (κ1) is 16.0. The lowest BCUT2D eigenvalue weighted by Gasteiger charge is -2.36. The molecule has 6 heteroatoms. The number of nitrogens with zero attached hydrogens (tertiary/aromatic N) is 5. The van der Waals surface area contributed by atoms with E-state index in [-0.39, 0.29) is 5.82 Å². The molecule has 2 aromatic heterocycles. The lowest BCUT2D eigenvalue weighted by molar-refractivity contribution is 0.447. The second kappa shape index (κ2) is 6.43. The van der Waals surface area contributed by atoms with Crippen molar-refractivity contribution in [3.63, 3.8) is 0 Å². The highest BCUT2D eigenvalue weighted by Crippen LogP contribution is 2.32. The van der Waals surface area contributed by atoms with Gasteiger partial charge in [0.15, 0.2) is 5.65 Å². The quantitative estimate of drug-likeness (QED) is 0.723. The van der Waals surface area contributed by atoms with Crippen LogP contribution in [0.5, 0.6) is 0 Å². The predicted molar refractivity (Wildman–Crippen MR) is 96.6 cm³/mol. The molecule has 1 unspecified atom stereocenters. The maximum Gasteiger partial charge on any atom is 0.168 e. The number of hydrogen-bond acceptors (Lipinski definition) is 4. The van der Waals surface area contributed by atoms with Crippen molar-refractivity contribution in [3.8, 4) is 5.69 Å². The topological polar surface area (TPSA) is 46.8 Å². The van der Waals surface area contributed by atoms with Gasteiger partial charge < -0.3 is 4.90 Å². The van der Waals surface area contributed by atoms with Crippen LogP contribution in [0.4, 0.5) is 10.2 Å². The van der Waals surface area contributed by atoms with E-state index in [9.17, 15) is 4.39 Å². The van der Waals surface area contributed by atoms with E-state index in [1.165, 1.54) is 31.4 Å². The third-order valence-corrected chi connectivity index (χ3v) is 5.04. The number of piperidine rings is 1. The maximum absolute atomic E-state index is 13.6. The van der Waals surface area contributed by atoms with E-state index in [4.69, 9.17) is 0 Å². The van der Waals surface area contributed by atoms with Crippen LogP contribution in [0.1, 0.15) is 38.3 Å². The summed E-state index contributed by atoms with van der Waals surface area (Å²) in [7, 11) is 0. The SMILES string of the molecule is CCC1CCCCN1c1ncnc2c1c(C)nn2-c1cccc(F)c1. The first-order valence-corrected chi connectivity index (χ1v) is 8.92. The first-order valence-electron chi connectivity index (χ1n) is 8.92. The van der Waals surface area contributed by atoms with Crippen molar-refractivity contribution in [2.75, 3.05) is 11.4 Å². The third kappa shape index (κ3) is 2.75. The molecule has 5 nitrogen and oxygen atoms in total. The number of aryl methyl sites for hydroxylation is 1. The smallest absolute Gasteiger partial charge is 0.168 e. The second-order valence-electron chi connectivity index (χ2n) is 6.62. The summed E-state index contributed by atoms with van der Waals surface area (Å²) in [5.41, 5.74) is 2.28. The number of fused-ring (bicyclic) bond motifs is 1. The minimum absolute atomic E-state index is 0.282. The highest BCUT2D eigenvalue weighted by atomic mass is 19.1. The molecule has 3 heterocycles. The van der Waals surface area contributed by atoms with Gasteiger partial charge in [-0.15, -0.1) is 0 Å². The second-order valence-corrected chi connectivity index (χ2v) is 6.62. The molecule has 1 aromatic carbocycles. The molecular formula is C19H22FN5. The summed E-state index contributed by atoms with van der Waals surface area (Å²) in [5.74, 6) is 0.673. The predicted octanol–water partition coefficient (Wildman–Crippen LogP) is 4.03. The van der Waals surface area contributed by atoms with Gasteiger partial charge in [0.25, 0.3) is 0 Å². The Kier molecular flexibility index (Phi) is 4.11. The molecule has 0 N–H and O–H groups in total. The van der Waals surface area contributed by atoms with Gasteiger partial charge in [-0.3, -0.25) is 0 Å². The van der Waals surface area contributed by atoms with E-state index >= 15 is 0 Å². The molecule has 0 spiro atoms. The zero-order valence-electron chi connectivity index (χ0n) is 14.6. The largest absolute Gasteiger partial charge is 0.353 e. The lowest BCUT2D eigenvalue weighted by atomic mass is 9.99. The van der Waals surface area contributed by atoms with Gasteiger partial charge in [-0.1, -0.05) is 13.0 Å². The van der Waals surface area contributed by atoms with Crippen LogP contribution in [0.2, 0.25) is 0 Å². The molecule has 0 radical (unpaired) electrons. The van der Waals surface area contributed by atoms with E-state index in [0.717, 1.165) is 35.5 Å².